The van der Waals surface area contributed by atoms with Crippen LogP contribution in [0.15, 0.2) is 47.3 Å². The molecule has 0 amide bonds. The Morgan fingerprint density at radius 3 is 2.56 bits per heavy atom. The zero-order valence-corrected chi connectivity index (χ0v) is 18.1. The first-order valence-electron chi connectivity index (χ1n) is 9.73. The molecule has 0 fully saturated rings. The van der Waals surface area contributed by atoms with Crippen LogP contribution < -0.4 is 19.6 Å². The molecule has 0 unspecified atom stereocenters. The molecule has 0 bridgehead atoms. The monoisotopic (exact) mass is 451 g/mol. The molecule has 0 aliphatic rings. The second kappa shape index (κ2) is 9.11. The van der Waals surface area contributed by atoms with E-state index in [9.17, 15) is 14.0 Å². The lowest BCUT2D eigenvalue weighted by Crippen LogP contribution is -2.23. The largest absolute Gasteiger partial charge is 0.490 e. The average molecular weight is 451 g/mol. The van der Waals surface area contributed by atoms with Crippen molar-refractivity contribution in [1.82, 2.24) is 14.6 Å². The summed E-state index contributed by atoms with van der Waals surface area (Å²) in [5.74, 6) is 0.362. The zero-order chi connectivity index (χ0) is 22.7. The minimum atomic E-state index is -0.445. The summed E-state index contributed by atoms with van der Waals surface area (Å²) >= 11 is 1.21. The highest BCUT2D eigenvalue weighted by atomic mass is 32.1. The highest BCUT2D eigenvalue weighted by molar-refractivity contribution is 7.15. The van der Waals surface area contributed by atoms with Crippen molar-refractivity contribution in [3.63, 3.8) is 0 Å². The Hall–Kier alpha value is -3.85. The smallest absolute Gasteiger partial charge is 0.308 e. The fraction of sp³-hybridized carbons (Fsp3) is 0.130. The van der Waals surface area contributed by atoms with E-state index in [0.29, 0.717) is 39.0 Å². The third-order valence-corrected chi connectivity index (χ3v) is 5.27. The predicted molar refractivity (Wildman–Crippen MR) is 120 cm³/mol. The van der Waals surface area contributed by atoms with Gasteiger partial charge in [-0.2, -0.15) is 9.50 Å². The molecule has 0 saturated carbocycles. The van der Waals surface area contributed by atoms with Crippen molar-refractivity contribution >= 4 is 40.5 Å². The van der Waals surface area contributed by atoms with Crippen LogP contribution in [0.2, 0.25) is 0 Å². The van der Waals surface area contributed by atoms with Gasteiger partial charge in [0.25, 0.3) is 5.56 Å². The minimum Gasteiger partial charge on any atom is -0.490 e. The van der Waals surface area contributed by atoms with Gasteiger partial charge in [-0.3, -0.25) is 9.59 Å². The lowest BCUT2D eigenvalue weighted by atomic mass is 10.2. The molecule has 0 radical (unpaired) electrons. The number of nitrogens with zero attached hydrogens (tertiary/aromatic N) is 3. The summed E-state index contributed by atoms with van der Waals surface area (Å²) in [4.78, 5) is 28.8. The van der Waals surface area contributed by atoms with Crippen molar-refractivity contribution in [3.05, 3.63) is 80.1 Å². The summed E-state index contributed by atoms with van der Waals surface area (Å²) in [5.41, 5.74) is 1.21. The van der Waals surface area contributed by atoms with Gasteiger partial charge in [0.2, 0.25) is 4.96 Å². The quantitative estimate of drug-likeness (QED) is 0.330. The van der Waals surface area contributed by atoms with Gasteiger partial charge in [0, 0.05) is 6.92 Å². The number of ether oxygens (including phenoxy) is 2. The van der Waals surface area contributed by atoms with Gasteiger partial charge >= 0.3 is 5.97 Å². The van der Waals surface area contributed by atoms with E-state index in [-0.39, 0.29) is 11.4 Å². The number of thiazole rings is 1. The summed E-state index contributed by atoms with van der Waals surface area (Å²) in [5, 5.41) is 4.24. The Morgan fingerprint density at radius 1 is 1.12 bits per heavy atom. The van der Waals surface area contributed by atoms with E-state index >= 15 is 0 Å². The highest BCUT2D eigenvalue weighted by Gasteiger charge is 2.11. The van der Waals surface area contributed by atoms with E-state index < -0.39 is 5.97 Å². The van der Waals surface area contributed by atoms with Gasteiger partial charge in [-0.15, -0.1) is 5.10 Å². The van der Waals surface area contributed by atoms with Gasteiger partial charge in [0.1, 0.15) is 5.82 Å². The van der Waals surface area contributed by atoms with Crippen molar-refractivity contribution in [3.8, 4) is 11.5 Å². The minimum absolute atomic E-state index is 0.291. The van der Waals surface area contributed by atoms with Gasteiger partial charge in [-0.1, -0.05) is 35.6 Å². The van der Waals surface area contributed by atoms with Crippen LogP contribution in [-0.2, 0) is 4.79 Å². The number of carbonyl (C=O) groups is 1. The maximum absolute atomic E-state index is 13.0. The first-order chi connectivity index (χ1) is 15.4. The molecule has 7 nitrogen and oxygen atoms in total. The first kappa shape index (κ1) is 21.4. The molecule has 0 saturated heterocycles. The number of hydrogen-bond donors (Lipinski definition) is 0. The fourth-order valence-corrected chi connectivity index (χ4v) is 3.85. The Labute approximate surface area is 186 Å². The molecule has 0 aliphatic carbocycles. The summed E-state index contributed by atoms with van der Waals surface area (Å²) in [6.07, 6.45) is 5.12. The molecule has 32 heavy (non-hydrogen) atoms. The van der Waals surface area contributed by atoms with Gasteiger partial charge in [0.15, 0.2) is 17.3 Å². The third-order valence-electron chi connectivity index (χ3n) is 4.31. The van der Waals surface area contributed by atoms with E-state index in [4.69, 9.17) is 9.47 Å². The topological polar surface area (TPSA) is 82.8 Å². The molecular formula is C23H18FN3O4S. The normalized spacial score (nSPS) is 12.0. The maximum atomic E-state index is 13.0. The molecule has 4 rings (SSSR count). The Balaban J connectivity index is 1.64. The van der Waals surface area contributed by atoms with Gasteiger partial charge in [0.05, 0.1) is 11.1 Å². The number of halogens is 1. The SMILES string of the molecule is CCOc1cc(/C=c2\sc3nc(/C=C/c4ccc(F)cc4)nn3c2=O)ccc1OC(C)=O. The molecule has 2 aromatic carbocycles. The van der Waals surface area contributed by atoms with E-state index in [2.05, 4.69) is 10.1 Å². The molecule has 0 N–H and O–H groups in total. The van der Waals surface area contributed by atoms with E-state index in [1.54, 1.807) is 48.6 Å². The van der Waals surface area contributed by atoms with Crippen LogP contribution in [0.5, 0.6) is 11.5 Å². The van der Waals surface area contributed by atoms with Crippen molar-refractivity contribution < 1.29 is 18.7 Å². The average Bonchev–Trinajstić information content (AvgIpc) is 3.28. The van der Waals surface area contributed by atoms with Crippen LogP contribution in [-0.4, -0.2) is 27.2 Å². The van der Waals surface area contributed by atoms with E-state index in [1.165, 1.54) is 34.9 Å². The Bertz CT molecular complexity index is 1420. The van der Waals surface area contributed by atoms with Crippen molar-refractivity contribution in [2.45, 2.75) is 13.8 Å². The Morgan fingerprint density at radius 2 is 1.88 bits per heavy atom. The maximum Gasteiger partial charge on any atom is 0.308 e. The second-order valence-corrected chi connectivity index (χ2v) is 7.71. The molecule has 0 atom stereocenters. The van der Waals surface area contributed by atoms with E-state index in [0.717, 1.165) is 5.56 Å². The van der Waals surface area contributed by atoms with Crippen molar-refractivity contribution in [2.75, 3.05) is 6.61 Å². The standard InChI is InChI=1S/C23H18FN3O4S/c1-3-30-19-12-16(6-10-18(19)31-14(2)28)13-20-22(29)27-23(32-20)25-21(26-27)11-7-15-4-8-17(24)9-5-15/h4-13H,3H2,1-2H3/b11-7+,20-13-. The van der Waals surface area contributed by atoms with Crippen molar-refractivity contribution in [2.24, 2.45) is 0 Å². The van der Waals surface area contributed by atoms with Crippen molar-refractivity contribution in [1.29, 1.82) is 0 Å². The van der Waals surface area contributed by atoms with Gasteiger partial charge in [-0.25, -0.2) is 4.39 Å². The van der Waals surface area contributed by atoms with Gasteiger partial charge < -0.3 is 9.47 Å². The van der Waals surface area contributed by atoms with Crippen LogP contribution in [0.25, 0.3) is 23.2 Å². The fourth-order valence-electron chi connectivity index (χ4n) is 2.94. The summed E-state index contributed by atoms with van der Waals surface area (Å²) in [7, 11) is 0. The Kier molecular flexibility index (Phi) is 6.09. The van der Waals surface area contributed by atoms with Crippen LogP contribution in [0.3, 0.4) is 0 Å². The molecule has 9 heteroatoms. The zero-order valence-electron chi connectivity index (χ0n) is 17.2. The first-order valence-corrected chi connectivity index (χ1v) is 10.5. The number of hydrogen-bond acceptors (Lipinski definition) is 7. The predicted octanol–water partition coefficient (Wildman–Crippen LogP) is 3.33. The molecule has 162 valence electrons. The number of fused-ring (bicyclic) bond motifs is 1. The molecule has 2 aromatic heterocycles. The lowest BCUT2D eigenvalue weighted by molar-refractivity contribution is -0.132. The molecule has 4 aromatic rings. The van der Waals surface area contributed by atoms with Crippen LogP contribution in [0, 0.1) is 5.82 Å². The summed E-state index contributed by atoms with van der Waals surface area (Å²) < 4.78 is 25.4. The van der Waals surface area contributed by atoms with Crippen LogP contribution in [0.4, 0.5) is 4.39 Å². The molecule has 0 spiro atoms. The van der Waals surface area contributed by atoms with Gasteiger partial charge in [-0.05, 0) is 54.5 Å². The van der Waals surface area contributed by atoms with E-state index in [1.807, 2.05) is 6.92 Å². The number of carbonyl (C=O) groups excluding carboxylic acids is 1. The highest BCUT2D eigenvalue weighted by Crippen LogP contribution is 2.29. The number of esters is 1. The molecule has 2 heterocycles. The summed E-state index contributed by atoms with van der Waals surface area (Å²) in [6, 6.07) is 11.1. The summed E-state index contributed by atoms with van der Waals surface area (Å²) in [6.45, 7) is 3.54. The number of aromatic nitrogens is 3. The number of rotatable bonds is 6. The van der Waals surface area contributed by atoms with Crippen LogP contribution >= 0.6 is 11.3 Å². The molecular weight excluding hydrogens is 433 g/mol. The van der Waals surface area contributed by atoms with Crippen LogP contribution in [0.1, 0.15) is 30.8 Å². The second-order valence-electron chi connectivity index (χ2n) is 6.70. The third kappa shape index (κ3) is 4.73. The lowest BCUT2D eigenvalue weighted by Gasteiger charge is -2.10. The number of benzene rings is 2. The molecule has 0 aliphatic heterocycles.